The number of amides is 2. The molecule has 0 aromatic heterocycles. The summed E-state index contributed by atoms with van der Waals surface area (Å²) in [6.45, 7) is 5.94. The standard InChI is InChI=1S/C14H27N3O2.ClH/c1-3-17(4-2)14(19)9-8-13(18)16-12-7-5-6-11(12)10-15;/h11-12H,3-10,15H2,1-2H3,(H,16,18);1H. The molecule has 1 rings (SSSR count). The lowest BCUT2D eigenvalue weighted by Gasteiger charge is -2.21. The molecule has 1 aliphatic rings. The Morgan fingerprint density at radius 2 is 1.85 bits per heavy atom. The predicted octanol–water partition coefficient (Wildman–Crippen LogP) is 1.30. The second kappa shape index (κ2) is 10.00. The smallest absolute Gasteiger partial charge is 0.223 e. The summed E-state index contributed by atoms with van der Waals surface area (Å²) in [5.74, 6) is 0.440. The van der Waals surface area contributed by atoms with E-state index in [1.807, 2.05) is 13.8 Å². The van der Waals surface area contributed by atoms with E-state index in [-0.39, 0.29) is 36.7 Å². The van der Waals surface area contributed by atoms with E-state index < -0.39 is 0 Å². The molecule has 0 aliphatic heterocycles. The van der Waals surface area contributed by atoms with E-state index in [9.17, 15) is 9.59 Å². The fraction of sp³-hybridized carbons (Fsp3) is 0.857. The third-order valence-corrected chi connectivity index (χ3v) is 3.99. The van der Waals surface area contributed by atoms with Crippen molar-refractivity contribution in [3.63, 3.8) is 0 Å². The minimum atomic E-state index is -0.0224. The maximum absolute atomic E-state index is 11.8. The van der Waals surface area contributed by atoms with E-state index in [2.05, 4.69) is 5.32 Å². The molecule has 0 radical (unpaired) electrons. The molecule has 20 heavy (non-hydrogen) atoms. The van der Waals surface area contributed by atoms with E-state index in [1.54, 1.807) is 4.90 Å². The number of carbonyl (C=O) groups excluding carboxylic acids is 2. The maximum Gasteiger partial charge on any atom is 0.223 e. The summed E-state index contributed by atoms with van der Waals surface area (Å²) in [5.41, 5.74) is 5.69. The molecule has 0 saturated heterocycles. The van der Waals surface area contributed by atoms with Gasteiger partial charge in [-0.05, 0) is 39.2 Å². The summed E-state index contributed by atoms with van der Waals surface area (Å²) in [6.07, 6.45) is 3.82. The molecule has 1 saturated carbocycles. The van der Waals surface area contributed by atoms with E-state index in [0.29, 0.717) is 32.0 Å². The number of nitrogens with two attached hydrogens (primary N) is 1. The Hall–Kier alpha value is -0.810. The number of carbonyl (C=O) groups is 2. The first kappa shape index (κ1) is 19.2. The molecule has 0 spiro atoms. The Kier molecular flexibility index (Phi) is 9.59. The summed E-state index contributed by atoms with van der Waals surface area (Å²) in [5, 5.41) is 3.02. The summed E-state index contributed by atoms with van der Waals surface area (Å²) in [6, 6.07) is 0.209. The lowest BCUT2D eigenvalue weighted by Crippen LogP contribution is -2.40. The van der Waals surface area contributed by atoms with Crippen LogP contribution in [0.5, 0.6) is 0 Å². The van der Waals surface area contributed by atoms with Crippen LogP contribution in [0.3, 0.4) is 0 Å². The second-order valence-corrected chi connectivity index (χ2v) is 5.17. The van der Waals surface area contributed by atoms with Crippen molar-refractivity contribution in [3.05, 3.63) is 0 Å². The molecular weight excluding hydrogens is 278 g/mol. The van der Waals surface area contributed by atoms with Crippen molar-refractivity contribution in [1.29, 1.82) is 0 Å². The number of halogens is 1. The summed E-state index contributed by atoms with van der Waals surface area (Å²) in [4.78, 5) is 25.4. The highest BCUT2D eigenvalue weighted by Crippen LogP contribution is 2.24. The van der Waals surface area contributed by atoms with Gasteiger partial charge in [-0.1, -0.05) is 6.42 Å². The minimum absolute atomic E-state index is 0. The van der Waals surface area contributed by atoms with Crippen LogP contribution < -0.4 is 11.1 Å². The normalized spacial score (nSPS) is 21.1. The molecule has 0 heterocycles. The Bertz CT molecular complexity index is 309. The quantitative estimate of drug-likeness (QED) is 0.744. The average molecular weight is 306 g/mol. The molecule has 6 heteroatoms. The second-order valence-electron chi connectivity index (χ2n) is 5.17. The Morgan fingerprint density at radius 3 is 2.40 bits per heavy atom. The summed E-state index contributed by atoms with van der Waals surface area (Å²) >= 11 is 0. The number of nitrogens with one attached hydrogen (secondary N) is 1. The zero-order valence-corrected chi connectivity index (χ0v) is 13.4. The Labute approximate surface area is 128 Å². The van der Waals surface area contributed by atoms with Gasteiger partial charge < -0.3 is 16.0 Å². The molecule has 2 atom stereocenters. The lowest BCUT2D eigenvalue weighted by atomic mass is 10.0. The highest BCUT2D eigenvalue weighted by molar-refractivity contribution is 5.85. The Balaban J connectivity index is 0.00000361. The van der Waals surface area contributed by atoms with Gasteiger partial charge in [-0.2, -0.15) is 0 Å². The molecule has 2 amide bonds. The molecule has 0 aromatic rings. The first-order valence-corrected chi connectivity index (χ1v) is 7.39. The molecule has 0 bridgehead atoms. The van der Waals surface area contributed by atoms with Gasteiger partial charge in [0.1, 0.15) is 0 Å². The number of hydrogen-bond donors (Lipinski definition) is 2. The highest BCUT2D eigenvalue weighted by atomic mass is 35.5. The van der Waals surface area contributed by atoms with Gasteiger partial charge in [0.15, 0.2) is 0 Å². The number of rotatable bonds is 7. The molecule has 0 aromatic carbocycles. The van der Waals surface area contributed by atoms with Crippen LogP contribution in [0.25, 0.3) is 0 Å². The van der Waals surface area contributed by atoms with E-state index in [4.69, 9.17) is 5.73 Å². The van der Waals surface area contributed by atoms with E-state index >= 15 is 0 Å². The van der Waals surface area contributed by atoms with Crippen LogP contribution in [0.15, 0.2) is 0 Å². The topological polar surface area (TPSA) is 75.4 Å². The van der Waals surface area contributed by atoms with Gasteiger partial charge in [0.05, 0.1) is 0 Å². The SMILES string of the molecule is CCN(CC)C(=O)CCC(=O)NC1CCCC1CN.Cl. The largest absolute Gasteiger partial charge is 0.353 e. The van der Waals surface area contributed by atoms with Gasteiger partial charge in [0, 0.05) is 32.0 Å². The maximum atomic E-state index is 11.8. The van der Waals surface area contributed by atoms with E-state index in [0.717, 1.165) is 19.3 Å². The molecule has 1 fully saturated rings. The third kappa shape index (κ3) is 5.67. The Morgan fingerprint density at radius 1 is 1.20 bits per heavy atom. The van der Waals surface area contributed by atoms with Gasteiger partial charge in [-0.15, -0.1) is 12.4 Å². The van der Waals surface area contributed by atoms with Crippen molar-refractivity contribution >= 4 is 24.2 Å². The van der Waals surface area contributed by atoms with E-state index in [1.165, 1.54) is 0 Å². The highest BCUT2D eigenvalue weighted by Gasteiger charge is 2.27. The molecule has 2 unspecified atom stereocenters. The van der Waals surface area contributed by atoms with Crippen molar-refractivity contribution in [3.8, 4) is 0 Å². The zero-order chi connectivity index (χ0) is 14.3. The van der Waals surface area contributed by atoms with Crippen LogP contribution in [-0.2, 0) is 9.59 Å². The van der Waals surface area contributed by atoms with Gasteiger partial charge in [-0.25, -0.2) is 0 Å². The van der Waals surface area contributed by atoms with Gasteiger partial charge in [0.25, 0.3) is 0 Å². The molecular formula is C14H28ClN3O2. The molecule has 1 aliphatic carbocycles. The van der Waals surface area contributed by atoms with Crippen molar-refractivity contribution in [2.45, 2.75) is 52.0 Å². The monoisotopic (exact) mass is 305 g/mol. The van der Waals surface area contributed by atoms with Gasteiger partial charge in [0.2, 0.25) is 11.8 Å². The van der Waals surface area contributed by atoms with Crippen LogP contribution in [0.2, 0.25) is 0 Å². The van der Waals surface area contributed by atoms with Crippen molar-refractivity contribution in [1.82, 2.24) is 10.2 Å². The van der Waals surface area contributed by atoms with Crippen LogP contribution >= 0.6 is 12.4 Å². The fourth-order valence-corrected chi connectivity index (χ4v) is 2.74. The summed E-state index contributed by atoms with van der Waals surface area (Å²) < 4.78 is 0. The van der Waals surface area contributed by atoms with Gasteiger partial charge in [-0.3, -0.25) is 9.59 Å². The minimum Gasteiger partial charge on any atom is -0.353 e. The lowest BCUT2D eigenvalue weighted by molar-refractivity contribution is -0.133. The fourth-order valence-electron chi connectivity index (χ4n) is 2.74. The number of hydrogen-bond acceptors (Lipinski definition) is 3. The predicted molar refractivity (Wildman–Crippen MR) is 82.7 cm³/mol. The van der Waals surface area contributed by atoms with Crippen LogP contribution in [0, 0.1) is 5.92 Å². The van der Waals surface area contributed by atoms with Crippen LogP contribution in [-0.4, -0.2) is 42.4 Å². The zero-order valence-electron chi connectivity index (χ0n) is 12.6. The molecule has 5 nitrogen and oxygen atoms in total. The van der Waals surface area contributed by atoms with Crippen LogP contribution in [0.4, 0.5) is 0 Å². The third-order valence-electron chi connectivity index (χ3n) is 3.99. The van der Waals surface area contributed by atoms with Crippen molar-refractivity contribution in [2.24, 2.45) is 11.7 Å². The first-order chi connectivity index (χ1) is 9.12. The molecule has 3 N–H and O–H groups in total. The first-order valence-electron chi connectivity index (χ1n) is 7.39. The average Bonchev–Trinajstić information content (AvgIpc) is 2.85. The van der Waals surface area contributed by atoms with Crippen LogP contribution in [0.1, 0.15) is 46.0 Å². The van der Waals surface area contributed by atoms with Crippen molar-refractivity contribution in [2.75, 3.05) is 19.6 Å². The van der Waals surface area contributed by atoms with Gasteiger partial charge >= 0.3 is 0 Å². The summed E-state index contributed by atoms with van der Waals surface area (Å²) in [7, 11) is 0. The number of nitrogens with zero attached hydrogens (tertiary/aromatic N) is 1. The van der Waals surface area contributed by atoms with Crippen molar-refractivity contribution < 1.29 is 9.59 Å². The molecule has 118 valence electrons.